The lowest BCUT2D eigenvalue weighted by atomic mass is 10.1. The first-order valence-electron chi connectivity index (χ1n) is 6.23. The highest BCUT2D eigenvalue weighted by Gasteiger charge is 2.24. The Morgan fingerprint density at radius 3 is 2.72 bits per heavy atom. The first kappa shape index (κ1) is 9.77. The highest BCUT2D eigenvalue weighted by atomic mass is 16.3. The van der Waals surface area contributed by atoms with E-state index < -0.39 is 0 Å². The fourth-order valence-corrected chi connectivity index (χ4v) is 2.64. The molecule has 0 saturated carbocycles. The Morgan fingerprint density at radius 1 is 1.00 bits per heavy atom. The molecule has 0 fully saturated rings. The number of rotatable bonds is 1. The largest absolute Gasteiger partial charge is 0.459 e. The number of fused-ring (bicyclic) bond motifs is 2. The molecule has 1 N–H and O–H groups in total. The van der Waals surface area contributed by atoms with E-state index >= 15 is 0 Å². The molecule has 0 amide bonds. The van der Waals surface area contributed by atoms with Crippen LogP contribution in [0.15, 0.2) is 59.0 Å². The molecule has 2 aromatic carbocycles. The third kappa shape index (κ3) is 1.42. The molecule has 88 valence electrons. The van der Waals surface area contributed by atoms with Gasteiger partial charge in [0.2, 0.25) is 0 Å². The summed E-state index contributed by atoms with van der Waals surface area (Å²) in [6.07, 6.45) is 0.996. The summed E-state index contributed by atoms with van der Waals surface area (Å²) in [4.78, 5) is 0. The summed E-state index contributed by atoms with van der Waals surface area (Å²) >= 11 is 0. The van der Waals surface area contributed by atoms with Crippen LogP contribution in [0.25, 0.3) is 11.0 Å². The van der Waals surface area contributed by atoms with Crippen LogP contribution in [0.5, 0.6) is 0 Å². The summed E-state index contributed by atoms with van der Waals surface area (Å²) in [5, 5.41) is 4.69. The number of para-hydroxylation sites is 2. The van der Waals surface area contributed by atoms with Crippen LogP contribution in [0.3, 0.4) is 0 Å². The summed E-state index contributed by atoms with van der Waals surface area (Å²) < 4.78 is 5.92. The van der Waals surface area contributed by atoms with Crippen molar-refractivity contribution < 1.29 is 4.42 Å². The van der Waals surface area contributed by atoms with Crippen molar-refractivity contribution in [2.75, 3.05) is 5.32 Å². The van der Waals surface area contributed by atoms with Crippen molar-refractivity contribution in [1.29, 1.82) is 0 Å². The summed E-state index contributed by atoms with van der Waals surface area (Å²) in [6.45, 7) is 0. The maximum atomic E-state index is 5.92. The highest BCUT2D eigenvalue weighted by molar-refractivity contribution is 5.78. The van der Waals surface area contributed by atoms with E-state index in [1.54, 1.807) is 0 Å². The van der Waals surface area contributed by atoms with Gasteiger partial charge in [-0.3, -0.25) is 0 Å². The van der Waals surface area contributed by atoms with Gasteiger partial charge in [-0.2, -0.15) is 0 Å². The predicted molar refractivity (Wildman–Crippen MR) is 72.7 cm³/mol. The van der Waals surface area contributed by atoms with Crippen LogP contribution in [0.2, 0.25) is 0 Å². The van der Waals surface area contributed by atoms with E-state index in [9.17, 15) is 0 Å². The molecule has 1 atom stereocenters. The average Bonchev–Trinajstić information content (AvgIpc) is 3.02. The maximum Gasteiger partial charge on any atom is 0.134 e. The zero-order valence-electron chi connectivity index (χ0n) is 9.89. The molecule has 2 nitrogen and oxygen atoms in total. The lowest BCUT2D eigenvalue weighted by Crippen LogP contribution is -2.03. The molecule has 0 bridgehead atoms. The zero-order chi connectivity index (χ0) is 11.9. The van der Waals surface area contributed by atoms with Gasteiger partial charge >= 0.3 is 0 Å². The van der Waals surface area contributed by atoms with Crippen LogP contribution < -0.4 is 5.32 Å². The SMILES string of the molecule is c1ccc2c(c1)CC(c1cc3ccccc3o1)N2. The number of benzene rings is 2. The Kier molecular flexibility index (Phi) is 1.97. The topological polar surface area (TPSA) is 25.2 Å². The van der Waals surface area contributed by atoms with Gasteiger partial charge in [-0.25, -0.2) is 0 Å². The monoisotopic (exact) mass is 235 g/mol. The number of anilines is 1. The molecular formula is C16H13NO. The summed E-state index contributed by atoms with van der Waals surface area (Å²) in [6, 6.07) is 19.0. The Hall–Kier alpha value is -2.22. The van der Waals surface area contributed by atoms with Crippen LogP contribution in [-0.2, 0) is 6.42 Å². The van der Waals surface area contributed by atoms with Gasteiger partial charge in [-0.15, -0.1) is 0 Å². The van der Waals surface area contributed by atoms with Crippen LogP contribution in [0.1, 0.15) is 17.4 Å². The molecule has 4 rings (SSSR count). The van der Waals surface area contributed by atoms with Crippen LogP contribution in [-0.4, -0.2) is 0 Å². The highest BCUT2D eigenvalue weighted by Crippen LogP contribution is 2.35. The Morgan fingerprint density at radius 2 is 1.83 bits per heavy atom. The summed E-state index contributed by atoms with van der Waals surface area (Å²) in [5.41, 5.74) is 3.55. The van der Waals surface area contributed by atoms with Gasteiger partial charge < -0.3 is 9.73 Å². The number of hydrogen-bond acceptors (Lipinski definition) is 2. The third-order valence-corrected chi connectivity index (χ3v) is 3.56. The molecule has 18 heavy (non-hydrogen) atoms. The van der Waals surface area contributed by atoms with Gasteiger partial charge in [0.25, 0.3) is 0 Å². The Balaban J connectivity index is 1.73. The van der Waals surface area contributed by atoms with E-state index in [4.69, 9.17) is 4.42 Å². The summed E-state index contributed by atoms with van der Waals surface area (Å²) in [7, 11) is 0. The third-order valence-electron chi connectivity index (χ3n) is 3.56. The lowest BCUT2D eigenvalue weighted by Gasteiger charge is -2.06. The molecule has 2 heteroatoms. The normalized spacial score (nSPS) is 17.7. The predicted octanol–water partition coefficient (Wildman–Crippen LogP) is 4.14. The van der Waals surface area contributed by atoms with E-state index in [0.717, 1.165) is 17.8 Å². The molecule has 3 aromatic rings. The second-order valence-corrected chi connectivity index (χ2v) is 4.74. The van der Waals surface area contributed by atoms with Crippen molar-refractivity contribution in [2.45, 2.75) is 12.5 Å². The molecule has 0 spiro atoms. The Labute approximate surface area is 105 Å². The number of hydrogen-bond donors (Lipinski definition) is 1. The molecule has 0 saturated heterocycles. The smallest absolute Gasteiger partial charge is 0.134 e. The molecule has 0 radical (unpaired) electrons. The molecule has 1 aromatic heterocycles. The molecule has 1 aliphatic rings. The Bertz CT molecular complexity index is 656. The maximum absolute atomic E-state index is 5.92. The first-order chi connectivity index (χ1) is 8.90. The quantitative estimate of drug-likeness (QED) is 0.685. The first-order valence-corrected chi connectivity index (χ1v) is 6.23. The van der Waals surface area contributed by atoms with Crippen molar-refractivity contribution in [3.8, 4) is 0 Å². The van der Waals surface area contributed by atoms with Crippen molar-refractivity contribution in [1.82, 2.24) is 0 Å². The number of furan rings is 1. The van der Waals surface area contributed by atoms with Crippen molar-refractivity contribution >= 4 is 16.7 Å². The van der Waals surface area contributed by atoms with E-state index in [-0.39, 0.29) is 6.04 Å². The molecule has 1 aliphatic heterocycles. The molecular weight excluding hydrogens is 222 g/mol. The van der Waals surface area contributed by atoms with Gasteiger partial charge in [0.1, 0.15) is 11.3 Å². The van der Waals surface area contributed by atoms with Gasteiger partial charge in [0, 0.05) is 17.5 Å². The van der Waals surface area contributed by atoms with Gasteiger partial charge in [-0.1, -0.05) is 36.4 Å². The van der Waals surface area contributed by atoms with Crippen molar-refractivity contribution in [3.63, 3.8) is 0 Å². The second kappa shape index (κ2) is 3.64. The van der Waals surface area contributed by atoms with Gasteiger partial charge in [0.15, 0.2) is 0 Å². The fourth-order valence-electron chi connectivity index (χ4n) is 2.64. The van der Waals surface area contributed by atoms with E-state index in [0.29, 0.717) is 0 Å². The van der Waals surface area contributed by atoms with Crippen LogP contribution in [0, 0.1) is 0 Å². The minimum Gasteiger partial charge on any atom is -0.459 e. The van der Waals surface area contributed by atoms with Crippen LogP contribution >= 0.6 is 0 Å². The summed E-state index contributed by atoms with van der Waals surface area (Å²) in [5.74, 6) is 1.02. The molecule has 1 unspecified atom stereocenters. The molecule has 2 heterocycles. The van der Waals surface area contributed by atoms with E-state index in [2.05, 4.69) is 41.7 Å². The lowest BCUT2D eigenvalue weighted by molar-refractivity contribution is 0.517. The average molecular weight is 235 g/mol. The van der Waals surface area contributed by atoms with Crippen molar-refractivity contribution in [2.24, 2.45) is 0 Å². The number of nitrogens with one attached hydrogen (secondary N) is 1. The standard InChI is InChI=1S/C16H13NO/c1-3-7-13-11(5-1)9-14(17-13)16-10-12-6-2-4-8-15(12)18-16/h1-8,10,14,17H,9H2. The van der Waals surface area contributed by atoms with E-state index in [1.807, 2.05) is 18.2 Å². The second-order valence-electron chi connectivity index (χ2n) is 4.74. The van der Waals surface area contributed by atoms with E-state index in [1.165, 1.54) is 16.6 Å². The van der Waals surface area contributed by atoms with Gasteiger partial charge in [-0.05, 0) is 23.8 Å². The van der Waals surface area contributed by atoms with Gasteiger partial charge in [0.05, 0.1) is 6.04 Å². The minimum atomic E-state index is 0.259. The van der Waals surface area contributed by atoms with Crippen molar-refractivity contribution in [3.05, 3.63) is 65.9 Å². The minimum absolute atomic E-state index is 0.259. The molecule has 0 aliphatic carbocycles. The zero-order valence-corrected chi connectivity index (χ0v) is 9.89. The fraction of sp³-hybridized carbons (Fsp3) is 0.125. The van der Waals surface area contributed by atoms with Crippen LogP contribution in [0.4, 0.5) is 5.69 Å².